The average molecular weight is 564 g/mol. The second-order valence-electron chi connectivity index (χ2n) is 12.2. The number of para-hydroxylation sites is 1. The summed E-state index contributed by atoms with van der Waals surface area (Å²) in [7, 11) is 0. The van der Waals surface area contributed by atoms with E-state index in [9.17, 15) is 0 Å². The summed E-state index contributed by atoms with van der Waals surface area (Å²) in [5.74, 6) is 1.14. The molecular formula is C41H29N3. The molecule has 2 aliphatic heterocycles. The van der Waals surface area contributed by atoms with E-state index in [2.05, 4.69) is 150 Å². The highest BCUT2D eigenvalue weighted by Gasteiger charge is 2.46. The number of benzene rings is 7. The van der Waals surface area contributed by atoms with Crippen LogP contribution in [-0.4, -0.2) is 17.9 Å². The molecule has 2 heterocycles. The predicted octanol–water partition coefficient (Wildman–Crippen LogP) is 10.4. The van der Waals surface area contributed by atoms with E-state index in [0.29, 0.717) is 0 Å². The summed E-state index contributed by atoms with van der Waals surface area (Å²) in [4.78, 5) is 10.2. The van der Waals surface area contributed by atoms with Gasteiger partial charge in [0.2, 0.25) is 0 Å². The summed E-state index contributed by atoms with van der Waals surface area (Å²) in [5, 5.41) is 10.6. The maximum absolute atomic E-state index is 5.16. The Balaban J connectivity index is 1.24. The van der Waals surface area contributed by atoms with E-state index in [0.717, 1.165) is 18.0 Å². The maximum Gasteiger partial charge on any atom is 0.109 e. The lowest BCUT2D eigenvalue weighted by atomic mass is 9.86. The van der Waals surface area contributed by atoms with Crippen molar-refractivity contribution in [2.75, 3.05) is 9.80 Å². The Morgan fingerprint density at radius 1 is 0.636 bits per heavy atom. The molecule has 3 nitrogen and oxygen atoms in total. The van der Waals surface area contributed by atoms with Gasteiger partial charge in [-0.05, 0) is 84.6 Å². The van der Waals surface area contributed by atoms with Crippen LogP contribution in [-0.2, 0) is 0 Å². The zero-order valence-electron chi connectivity index (χ0n) is 24.4. The van der Waals surface area contributed by atoms with Crippen molar-refractivity contribution in [3.05, 3.63) is 139 Å². The van der Waals surface area contributed by atoms with E-state index in [1.54, 1.807) is 0 Å². The average Bonchev–Trinajstić information content (AvgIpc) is 3.47. The third kappa shape index (κ3) is 3.08. The van der Waals surface area contributed by atoms with Crippen molar-refractivity contribution in [3.63, 3.8) is 0 Å². The van der Waals surface area contributed by atoms with Crippen LogP contribution in [0.15, 0.2) is 144 Å². The van der Waals surface area contributed by atoms with E-state index < -0.39 is 0 Å². The van der Waals surface area contributed by atoms with Gasteiger partial charge in [0.25, 0.3) is 0 Å². The summed E-state index contributed by atoms with van der Waals surface area (Å²) in [6.07, 6.45) is 7.60. The van der Waals surface area contributed by atoms with Crippen LogP contribution in [0.5, 0.6) is 0 Å². The van der Waals surface area contributed by atoms with Crippen molar-refractivity contribution >= 4 is 66.0 Å². The fourth-order valence-electron chi connectivity index (χ4n) is 8.21. The van der Waals surface area contributed by atoms with Gasteiger partial charge in [0.15, 0.2) is 0 Å². The number of hydrogen-bond donors (Lipinski definition) is 0. The molecule has 7 aromatic carbocycles. The topological polar surface area (TPSA) is 18.8 Å². The molecule has 7 aromatic rings. The number of rotatable bonds is 3. The molecule has 0 aromatic heterocycles. The molecule has 0 amide bonds. The van der Waals surface area contributed by atoms with Crippen LogP contribution < -0.4 is 9.80 Å². The van der Waals surface area contributed by atoms with Crippen molar-refractivity contribution in [2.24, 2.45) is 4.99 Å². The molecule has 0 spiro atoms. The summed E-state index contributed by atoms with van der Waals surface area (Å²) >= 11 is 0. The van der Waals surface area contributed by atoms with E-state index in [4.69, 9.17) is 4.99 Å². The number of nitrogens with zero attached hydrogens (tertiary/aromatic N) is 3. The third-order valence-corrected chi connectivity index (χ3v) is 10.00. The van der Waals surface area contributed by atoms with E-state index in [1.807, 2.05) is 0 Å². The van der Waals surface area contributed by atoms with E-state index >= 15 is 0 Å². The van der Waals surface area contributed by atoms with Gasteiger partial charge in [-0.15, -0.1) is 0 Å². The molecule has 0 radical (unpaired) electrons. The first kappa shape index (κ1) is 24.1. The van der Waals surface area contributed by atoms with Crippen molar-refractivity contribution < 1.29 is 0 Å². The first-order valence-electron chi connectivity index (χ1n) is 15.6. The highest BCUT2D eigenvalue weighted by atomic mass is 15.4. The quantitative estimate of drug-likeness (QED) is 0.157. The van der Waals surface area contributed by atoms with Gasteiger partial charge in [0.1, 0.15) is 11.9 Å². The van der Waals surface area contributed by atoms with Crippen LogP contribution in [0.4, 0.5) is 17.1 Å². The Hall–Kier alpha value is -5.41. The van der Waals surface area contributed by atoms with Gasteiger partial charge in [-0.25, -0.2) is 4.99 Å². The van der Waals surface area contributed by atoms with Gasteiger partial charge in [0.05, 0.1) is 23.1 Å². The third-order valence-electron chi connectivity index (χ3n) is 10.00. The summed E-state index contributed by atoms with van der Waals surface area (Å²) in [6, 6.07) is 43.1. The second-order valence-corrected chi connectivity index (χ2v) is 12.2. The van der Waals surface area contributed by atoms with Gasteiger partial charge in [-0.2, -0.15) is 0 Å². The molecule has 2 unspecified atom stereocenters. The minimum atomic E-state index is 0.159. The first-order valence-corrected chi connectivity index (χ1v) is 15.6. The number of fused-ring (bicyclic) bond motifs is 4. The fraction of sp³-hybridized carbons (Fsp3) is 0.0976. The van der Waals surface area contributed by atoms with Gasteiger partial charge in [-0.1, -0.05) is 110 Å². The zero-order valence-corrected chi connectivity index (χ0v) is 24.4. The molecule has 0 bridgehead atoms. The van der Waals surface area contributed by atoms with Crippen LogP contribution >= 0.6 is 0 Å². The second kappa shape index (κ2) is 8.81. The summed E-state index contributed by atoms with van der Waals surface area (Å²) in [5.41, 5.74) is 7.30. The Kier molecular flexibility index (Phi) is 4.82. The SMILES string of the molecule is CCC1=NC2=CC=CC3C2N1c1cc(-c2ccc4c5cccc6cccc(c7cccc2c74)c65)ccc1N3c1ccccc1. The highest BCUT2D eigenvalue weighted by molar-refractivity contribution is 6.34. The van der Waals surface area contributed by atoms with Gasteiger partial charge < -0.3 is 9.80 Å². The number of hydrogen-bond acceptors (Lipinski definition) is 3. The maximum atomic E-state index is 5.16. The molecule has 3 aliphatic rings. The number of aliphatic imine (C=N–C) groups is 1. The molecule has 208 valence electrons. The van der Waals surface area contributed by atoms with Crippen molar-refractivity contribution in [2.45, 2.75) is 25.4 Å². The monoisotopic (exact) mass is 563 g/mol. The lowest BCUT2D eigenvalue weighted by Gasteiger charge is -2.47. The summed E-state index contributed by atoms with van der Waals surface area (Å²) in [6.45, 7) is 2.22. The van der Waals surface area contributed by atoms with Gasteiger partial charge in [-0.3, -0.25) is 0 Å². The van der Waals surface area contributed by atoms with Gasteiger partial charge >= 0.3 is 0 Å². The lowest BCUT2D eigenvalue weighted by Crippen LogP contribution is -2.54. The molecule has 1 aliphatic carbocycles. The van der Waals surface area contributed by atoms with Crippen LogP contribution in [0.1, 0.15) is 13.3 Å². The molecule has 0 N–H and O–H groups in total. The Bertz CT molecular complexity index is 2350. The number of anilines is 3. The molecule has 10 rings (SSSR count). The van der Waals surface area contributed by atoms with Crippen LogP contribution in [0.25, 0.3) is 54.2 Å². The van der Waals surface area contributed by atoms with Crippen LogP contribution in [0.2, 0.25) is 0 Å². The zero-order chi connectivity index (χ0) is 28.9. The van der Waals surface area contributed by atoms with Crippen molar-refractivity contribution in [3.8, 4) is 11.1 Å². The number of amidine groups is 1. The molecular weight excluding hydrogens is 534 g/mol. The minimum absolute atomic E-state index is 0.159. The van der Waals surface area contributed by atoms with Crippen LogP contribution in [0, 0.1) is 0 Å². The largest absolute Gasteiger partial charge is 0.330 e. The van der Waals surface area contributed by atoms with E-state index in [1.165, 1.54) is 71.3 Å². The van der Waals surface area contributed by atoms with Crippen molar-refractivity contribution in [1.29, 1.82) is 0 Å². The number of allylic oxidation sites excluding steroid dienone is 2. The van der Waals surface area contributed by atoms with E-state index in [-0.39, 0.29) is 12.1 Å². The molecule has 0 saturated heterocycles. The molecule has 0 saturated carbocycles. The standard InChI is InChI=1S/C41H29N3/c1-2-38-42-34-18-9-19-36-41(34)44(38)37-24-26(20-23-35(37)43(36)27-12-4-3-5-13-27)28-21-22-33-31-15-7-11-25-10-6-14-30(39(25)31)32-17-8-16-29(28)40(32)33/h3-24,36,41H,2H2,1H3. The van der Waals surface area contributed by atoms with Crippen LogP contribution in [0.3, 0.4) is 0 Å². The minimum Gasteiger partial charge on any atom is -0.330 e. The van der Waals surface area contributed by atoms with Gasteiger partial charge in [0, 0.05) is 12.1 Å². The smallest absolute Gasteiger partial charge is 0.109 e. The Labute approximate surface area is 256 Å². The lowest BCUT2D eigenvalue weighted by molar-refractivity contribution is 0.634. The predicted molar refractivity (Wildman–Crippen MR) is 187 cm³/mol. The Morgan fingerprint density at radius 3 is 2.16 bits per heavy atom. The normalized spacial score (nSPS) is 18.8. The Morgan fingerprint density at radius 2 is 1.36 bits per heavy atom. The molecule has 3 heteroatoms. The molecule has 2 atom stereocenters. The molecule has 0 fully saturated rings. The highest BCUT2D eigenvalue weighted by Crippen LogP contribution is 2.50. The first-order chi connectivity index (χ1) is 21.8. The fourth-order valence-corrected chi connectivity index (χ4v) is 8.21. The summed E-state index contributed by atoms with van der Waals surface area (Å²) < 4.78 is 0. The molecule has 44 heavy (non-hydrogen) atoms. The van der Waals surface area contributed by atoms with Crippen molar-refractivity contribution in [1.82, 2.24) is 0 Å².